The van der Waals surface area contributed by atoms with Crippen LogP contribution < -0.4 is 9.80 Å². The lowest BCUT2D eigenvalue weighted by Gasteiger charge is -2.36. The third-order valence-electron chi connectivity index (χ3n) is 4.53. The van der Waals surface area contributed by atoms with Crippen LogP contribution in [0.25, 0.3) is 0 Å². The van der Waals surface area contributed by atoms with Crippen molar-refractivity contribution in [3.8, 4) is 5.75 Å². The Labute approximate surface area is 168 Å². The van der Waals surface area contributed by atoms with Crippen LogP contribution in [0.1, 0.15) is 39.7 Å². The Bertz CT molecular complexity index is 859. The molecule has 0 saturated carbocycles. The Morgan fingerprint density at radius 3 is 2.59 bits per heavy atom. The molecule has 0 saturated heterocycles. The zero-order valence-corrected chi connectivity index (χ0v) is 16.7. The van der Waals surface area contributed by atoms with Crippen molar-refractivity contribution in [2.45, 2.75) is 58.4 Å². The first-order valence-corrected chi connectivity index (χ1v) is 9.32. The number of nitrogens with zero attached hydrogens (tertiary/aromatic N) is 2. The molecule has 2 unspecified atom stereocenters. The first kappa shape index (κ1) is 20.8. The molecule has 2 atom stereocenters. The number of benzene rings is 1. The van der Waals surface area contributed by atoms with E-state index < -0.39 is 35.7 Å². The zero-order valence-electron chi connectivity index (χ0n) is 16.7. The number of anilines is 1. The number of amides is 1. The first-order valence-electron chi connectivity index (χ1n) is 9.32. The van der Waals surface area contributed by atoms with Gasteiger partial charge in [-0.2, -0.15) is 0 Å². The van der Waals surface area contributed by atoms with Crippen LogP contribution in [0.2, 0.25) is 0 Å². The minimum Gasteiger partial charge on any atom is -0.473 e. The predicted octanol–water partition coefficient (Wildman–Crippen LogP) is 2.12. The summed E-state index contributed by atoms with van der Waals surface area (Å²) in [6, 6.07) is 4.88. The number of rotatable bonds is 4. The molecular formula is C20H24N2O7. The van der Waals surface area contributed by atoms with E-state index in [0.29, 0.717) is 23.4 Å². The molecule has 156 valence electrons. The topological polar surface area (TPSA) is 106 Å². The maximum atomic E-state index is 12.6. The molecule has 1 aromatic carbocycles. The van der Waals surface area contributed by atoms with E-state index in [1.807, 2.05) is 27.7 Å². The molecule has 0 aliphatic carbocycles. The number of carbonyl (C=O) groups is 3. The summed E-state index contributed by atoms with van der Waals surface area (Å²) in [5, 5.41) is 12.4. The van der Waals surface area contributed by atoms with Crippen LogP contribution in [0.5, 0.6) is 5.75 Å². The second kappa shape index (κ2) is 7.84. The van der Waals surface area contributed by atoms with Crippen molar-refractivity contribution >= 4 is 23.5 Å². The van der Waals surface area contributed by atoms with Gasteiger partial charge in [0.2, 0.25) is 0 Å². The molecule has 2 heterocycles. The van der Waals surface area contributed by atoms with E-state index in [2.05, 4.69) is 0 Å². The molecule has 3 rings (SSSR count). The standard InChI is InChI=1S/C20H24N2O7/c1-5-16(22(26)20(2,3)4)27-13-6-7-14-12(10-13)11-15-19(25)21(14)29-18(24)9-8-17(23)28-15/h6-10,15-16,26H,5,11H2,1-4H3/b9-8-. The van der Waals surface area contributed by atoms with Gasteiger partial charge < -0.3 is 19.5 Å². The monoisotopic (exact) mass is 404 g/mol. The molecule has 2 bridgehead atoms. The maximum absolute atomic E-state index is 12.6. The summed E-state index contributed by atoms with van der Waals surface area (Å²) in [7, 11) is 0. The third-order valence-corrected chi connectivity index (χ3v) is 4.53. The summed E-state index contributed by atoms with van der Waals surface area (Å²) in [6.07, 6.45) is 0.752. The lowest BCUT2D eigenvalue weighted by Crippen LogP contribution is -2.48. The molecule has 0 radical (unpaired) electrons. The fourth-order valence-electron chi connectivity index (χ4n) is 3.05. The van der Waals surface area contributed by atoms with Gasteiger partial charge in [-0.25, -0.2) is 9.59 Å². The molecule has 1 amide bonds. The average molecular weight is 404 g/mol. The van der Waals surface area contributed by atoms with E-state index in [1.165, 1.54) is 0 Å². The van der Waals surface area contributed by atoms with E-state index in [-0.39, 0.29) is 6.42 Å². The number of fused-ring (bicyclic) bond motifs is 4. The second-order valence-corrected chi connectivity index (χ2v) is 7.79. The second-order valence-electron chi connectivity index (χ2n) is 7.79. The van der Waals surface area contributed by atoms with Crippen LogP contribution in [-0.4, -0.2) is 46.0 Å². The van der Waals surface area contributed by atoms with Crippen molar-refractivity contribution in [3.05, 3.63) is 35.9 Å². The van der Waals surface area contributed by atoms with Crippen molar-refractivity contribution in [2.24, 2.45) is 0 Å². The molecule has 1 aromatic rings. The van der Waals surface area contributed by atoms with Crippen molar-refractivity contribution in [1.29, 1.82) is 0 Å². The molecule has 0 aromatic heterocycles. The van der Waals surface area contributed by atoms with Gasteiger partial charge in [0.05, 0.1) is 5.69 Å². The Morgan fingerprint density at radius 2 is 1.93 bits per heavy atom. The van der Waals surface area contributed by atoms with Crippen molar-refractivity contribution in [3.63, 3.8) is 0 Å². The van der Waals surface area contributed by atoms with Crippen LogP contribution >= 0.6 is 0 Å². The van der Waals surface area contributed by atoms with Gasteiger partial charge in [-0.1, -0.05) is 6.92 Å². The summed E-state index contributed by atoms with van der Waals surface area (Å²) in [5.74, 6) is -1.85. The number of ether oxygens (including phenoxy) is 2. The van der Waals surface area contributed by atoms with E-state index >= 15 is 0 Å². The SMILES string of the molecule is CCC(Oc1ccc2c(c1)CC1OC(=O)/C=C\C(=O)ON2C1=O)N(O)C(C)(C)C. The molecule has 9 heteroatoms. The summed E-state index contributed by atoms with van der Waals surface area (Å²) in [5.41, 5.74) is 0.445. The van der Waals surface area contributed by atoms with E-state index in [9.17, 15) is 19.6 Å². The van der Waals surface area contributed by atoms with E-state index in [1.54, 1.807) is 18.2 Å². The molecule has 0 fully saturated rings. The average Bonchev–Trinajstić information content (AvgIpc) is 2.68. The minimum atomic E-state index is -1.12. The molecule has 2 aliphatic heterocycles. The summed E-state index contributed by atoms with van der Waals surface area (Å²) in [4.78, 5) is 41.3. The highest BCUT2D eigenvalue weighted by molar-refractivity contribution is 6.03. The summed E-state index contributed by atoms with van der Waals surface area (Å²) < 4.78 is 11.1. The molecule has 9 nitrogen and oxygen atoms in total. The van der Waals surface area contributed by atoms with Crippen LogP contribution in [0, 0.1) is 0 Å². The van der Waals surface area contributed by atoms with Crippen LogP contribution in [0.15, 0.2) is 30.4 Å². The lowest BCUT2D eigenvalue weighted by atomic mass is 10.00. The van der Waals surface area contributed by atoms with E-state index in [0.717, 1.165) is 22.3 Å². The zero-order chi connectivity index (χ0) is 21.3. The Morgan fingerprint density at radius 1 is 1.24 bits per heavy atom. The fraction of sp³-hybridized carbons (Fsp3) is 0.450. The highest BCUT2D eigenvalue weighted by Gasteiger charge is 2.39. The smallest absolute Gasteiger partial charge is 0.356 e. The Kier molecular flexibility index (Phi) is 5.63. The summed E-state index contributed by atoms with van der Waals surface area (Å²) in [6.45, 7) is 7.46. The van der Waals surface area contributed by atoms with Crippen LogP contribution in [0.4, 0.5) is 5.69 Å². The van der Waals surface area contributed by atoms with E-state index in [4.69, 9.17) is 14.3 Å². The third kappa shape index (κ3) is 4.41. The van der Waals surface area contributed by atoms with Crippen LogP contribution in [0.3, 0.4) is 0 Å². The van der Waals surface area contributed by atoms with Gasteiger partial charge >= 0.3 is 17.8 Å². The first-order chi connectivity index (χ1) is 13.6. The maximum Gasteiger partial charge on any atom is 0.356 e. The summed E-state index contributed by atoms with van der Waals surface area (Å²) >= 11 is 0. The van der Waals surface area contributed by atoms with Crippen LogP contribution in [-0.2, 0) is 30.4 Å². The fourth-order valence-corrected chi connectivity index (χ4v) is 3.05. The quantitative estimate of drug-likeness (QED) is 0.462. The van der Waals surface area contributed by atoms with Crippen molar-refractivity contribution < 1.29 is 33.9 Å². The van der Waals surface area contributed by atoms with Gasteiger partial charge in [0.15, 0.2) is 12.3 Å². The van der Waals surface area contributed by atoms with Crippen molar-refractivity contribution in [1.82, 2.24) is 5.06 Å². The van der Waals surface area contributed by atoms with Gasteiger partial charge in [0, 0.05) is 24.1 Å². The number of carbonyl (C=O) groups excluding carboxylic acids is 3. The lowest BCUT2D eigenvalue weighted by molar-refractivity contribution is -0.235. The Hall–Kier alpha value is -2.91. The number of hydrogen-bond donors (Lipinski definition) is 1. The van der Waals surface area contributed by atoms with Gasteiger partial charge in [-0.15, -0.1) is 10.1 Å². The molecular weight excluding hydrogens is 380 g/mol. The van der Waals surface area contributed by atoms with Gasteiger partial charge in [0.25, 0.3) is 0 Å². The number of hydrogen-bond acceptors (Lipinski definition) is 8. The molecule has 29 heavy (non-hydrogen) atoms. The van der Waals surface area contributed by atoms with Crippen molar-refractivity contribution in [2.75, 3.05) is 5.06 Å². The highest BCUT2D eigenvalue weighted by atomic mass is 16.7. The van der Waals surface area contributed by atoms with Gasteiger partial charge in [-0.05, 0) is 51.0 Å². The molecule has 0 spiro atoms. The van der Waals surface area contributed by atoms with Gasteiger partial charge in [0.1, 0.15) is 5.75 Å². The molecule has 2 aliphatic rings. The Balaban J connectivity index is 1.91. The predicted molar refractivity (Wildman–Crippen MR) is 101 cm³/mol. The number of hydroxylamine groups is 3. The minimum absolute atomic E-state index is 0.109. The highest BCUT2D eigenvalue weighted by Crippen LogP contribution is 2.34. The normalized spacial score (nSPS) is 21.4. The largest absolute Gasteiger partial charge is 0.473 e. The van der Waals surface area contributed by atoms with Gasteiger partial charge in [-0.3, -0.25) is 4.79 Å². The number of esters is 1. The molecule has 1 N–H and O–H groups in total.